The van der Waals surface area contributed by atoms with Crippen molar-refractivity contribution in [2.24, 2.45) is 5.73 Å². The molecule has 1 aromatic heterocycles. The number of halogens is 4. The van der Waals surface area contributed by atoms with E-state index in [4.69, 9.17) is 5.73 Å². The number of hydrogen-bond donors (Lipinski definition) is 1. The van der Waals surface area contributed by atoms with Crippen molar-refractivity contribution in [3.05, 3.63) is 20.9 Å². The first-order valence-corrected chi connectivity index (χ1v) is 5.03. The molecule has 15 heavy (non-hydrogen) atoms. The summed E-state index contributed by atoms with van der Waals surface area (Å²) in [5.41, 5.74) is 6.39. The van der Waals surface area contributed by atoms with E-state index in [1.807, 2.05) is 22.6 Å². The average Bonchev–Trinajstić information content (AvgIpc) is 2.10. The van der Waals surface area contributed by atoms with Crippen molar-refractivity contribution in [1.82, 2.24) is 4.98 Å². The van der Waals surface area contributed by atoms with E-state index in [0.717, 1.165) is 5.56 Å². The fraction of sp³-hybridized carbons (Fsp3) is 0.375. The van der Waals surface area contributed by atoms with Crippen LogP contribution < -0.4 is 10.5 Å². The molecule has 0 fully saturated rings. The summed E-state index contributed by atoms with van der Waals surface area (Å²) in [6, 6.07) is 0. The van der Waals surface area contributed by atoms with Crippen LogP contribution in [0.5, 0.6) is 5.88 Å². The molecular formula is C8H8F3IN2O. The molecule has 84 valence electrons. The number of pyridine rings is 1. The maximum absolute atomic E-state index is 12.0. The van der Waals surface area contributed by atoms with Crippen LogP contribution in [0.15, 0.2) is 6.20 Å². The third-order valence-electron chi connectivity index (χ3n) is 1.66. The molecule has 0 bridgehead atoms. The van der Waals surface area contributed by atoms with Gasteiger partial charge in [0.25, 0.3) is 0 Å². The first kappa shape index (κ1) is 12.5. The Morgan fingerprint density at radius 3 is 2.60 bits per heavy atom. The molecule has 3 nitrogen and oxygen atoms in total. The van der Waals surface area contributed by atoms with Crippen molar-refractivity contribution in [3.8, 4) is 5.88 Å². The Balaban J connectivity index is 3.14. The van der Waals surface area contributed by atoms with Crippen molar-refractivity contribution >= 4 is 22.6 Å². The van der Waals surface area contributed by atoms with Crippen LogP contribution in [0.3, 0.4) is 0 Å². The lowest BCUT2D eigenvalue weighted by Crippen LogP contribution is -2.20. The molecule has 0 amide bonds. The van der Waals surface area contributed by atoms with Gasteiger partial charge in [-0.15, -0.1) is 13.2 Å². The fourth-order valence-corrected chi connectivity index (χ4v) is 1.59. The topological polar surface area (TPSA) is 48.1 Å². The molecule has 1 aromatic rings. The number of nitrogens with two attached hydrogens (primary N) is 1. The number of alkyl halides is 3. The molecule has 0 saturated carbocycles. The van der Waals surface area contributed by atoms with Gasteiger partial charge in [0.05, 0.1) is 0 Å². The van der Waals surface area contributed by atoms with Gasteiger partial charge in [0.15, 0.2) is 0 Å². The Morgan fingerprint density at radius 2 is 2.13 bits per heavy atom. The van der Waals surface area contributed by atoms with Gasteiger partial charge in [0.1, 0.15) is 0 Å². The lowest BCUT2D eigenvalue weighted by atomic mass is 10.2. The first-order valence-electron chi connectivity index (χ1n) is 3.95. The van der Waals surface area contributed by atoms with E-state index in [2.05, 4.69) is 9.72 Å². The molecule has 0 atom stereocenters. The van der Waals surface area contributed by atoms with Crippen LogP contribution in [0, 0.1) is 10.5 Å². The van der Waals surface area contributed by atoms with Crippen LogP contribution >= 0.6 is 22.6 Å². The highest BCUT2D eigenvalue weighted by Gasteiger charge is 2.33. The van der Waals surface area contributed by atoms with E-state index in [1.165, 1.54) is 6.20 Å². The van der Waals surface area contributed by atoms with Crippen LogP contribution in [-0.2, 0) is 6.54 Å². The Bertz CT molecular complexity index is 368. The molecule has 0 aliphatic carbocycles. The van der Waals surface area contributed by atoms with Crippen molar-refractivity contribution in [2.75, 3.05) is 0 Å². The SMILES string of the molecule is Cc1cnc(OC(F)(F)F)c(CN)c1I. The minimum atomic E-state index is -4.74. The van der Waals surface area contributed by atoms with Gasteiger partial charge in [-0.3, -0.25) is 0 Å². The van der Waals surface area contributed by atoms with E-state index in [9.17, 15) is 13.2 Å². The van der Waals surface area contributed by atoms with Gasteiger partial charge in [0.2, 0.25) is 5.88 Å². The molecule has 0 unspecified atom stereocenters. The molecule has 7 heteroatoms. The van der Waals surface area contributed by atoms with E-state index in [1.54, 1.807) is 6.92 Å². The number of aryl methyl sites for hydroxylation is 1. The van der Waals surface area contributed by atoms with E-state index >= 15 is 0 Å². The smallest absolute Gasteiger partial charge is 0.387 e. The maximum atomic E-state index is 12.0. The monoisotopic (exact) mass is 332 g/mol. The van der Waals surface area contributed by atoms with Crippen molar-refractivity contribution in [1.29, 1.82) is 0 Å². The third kappa shape index (κ3) is 3.20. The molecular weight excluding hydrogens is 324 g/mol. The fourth-order valence-electron chi connectivity index (χ4n) is 0.996. The van der Waals surface area contributed by atoms with Gasteiger partial charge < -0.3 is 10.5 Å². The summed E-state index contributed by atoms with van der Waals surface area (Å²) in [4.78, 5) is 3.57. The summed E-state index contributed by atoms with van der Waals surface area (Å²) in [7, 11) is 0. The molecule has 0 radical (unpaired) electrons. The van der Waals surface area contributed by atoms with Gasteiger partial charge in [-0.25, -0.2) is 4.98 Å². The Labute approximate surface area is 98.0 Å². The van der Waals surface area contributed by atoms with Gasteiger partial charge in [-0.2, -0.15) is 0 Å². The lowest BCUT2D eigenvalue weighted by molar-refractivity contribution is -0.276. The molecule has 0 aliphatic heterocycles. The summed E-state index contributed by atoms with van der Waals surface area (Å²) in [6.45, 7) is 1.70. The normalized spacial score (nSPS) is 11.6. The summed E-state index contributed by atoms with van der Waals surface area (Å²) in [5.74, 6) is -0.472. The summed E-state index contributed by atoms with van der Waals surface area (Å²) in [6.07, 6.45) is -3.42. The largest absolute Gasteiger partial charge is 0.574 e. The second-order valence-electron chi connectivity index (χ2n) is 2.79. The van der Waals surface area contributed by atoms with E-state index < -0.39 is 12.2 Å². The van der Waals surface area contributed by atoms with E-state index in [0.29, 0.717) is 3.57 Å². The summed E-state index contributed by atoms with van der Waals surface area (Å²) in [5, 5.41) is 0. The zero-order valence-corrected chi connectivity index (χ0v) is 9.89. The highest BCUT2D eigenvalue weighted by molar-refractivity contribution is 14.1. The summed E-state index contributed by atoms with van der Waals surface area (Å²) >= 11 is 1.91. The van der Waals surface area contributed by atoms with Crippen LogP contribution in [0.4, 0.5) is 13.2 Å². The lowest BCUT2D eigenvalue weighted by Gasteiger charge is -2.13. The van der Waals surface area contributed by atoms with Crippen LogP contribution in [0.2, 0.25) is 0 Å². The molecule has 0 spiro atoms. The minimum Gasteiger partial charge on any atom is -0.387 e. The van der Waals surface area contributed by atoms with Gasteiger partial charge >= 0.3 is 6.36 Å². The predicted octanol–water partition coefficient (Wildman–Crippen LogP) is 2.35. The maximum Gasteiger partial charge on any atom is 0.574 e. The second kappa shape index (κ2) is 4.52. The number of ether oxygens (including phenoxy) is 1. The van der Waals surface area contributed by atoms with Crippen molar-refractivity contribution in [2.45, 2.75) is 19.8 Å². The van der Waals surface area contributed by atoms with Crippen LogP contribution in [0.25, 0.3) is 0 Å². The quantitative estimate of drug-likeness (QED) is 0.846. The number of hydrogen-bond acceptors (Lipinski definition) is 3. The minimum absolute atomic E-state index is 0.0433. The average molecular weight is 332 g/mol. The van der Waals surface area contributed by atoms with E-state index in [-0.39, 0.29) is 12.1 Å². The third-order valence-corrected chi connectivity index (χ3v) is 3.16. The Morgan fingerprint density at radius 1 is 1.53 bits per heavy atom. The molecule has 2 N–H and O–H groups in total. The highest BCUT2D eigenvalue weighted by Crippen LogP contribution is 2.28. The molecule has 0 aromatic carbocycles. The number of aromatic nitrogens is 1. The molecule has 1 heterocycles. The Kier molecular flexibility index (Phi) is 3.77. The summed E-state index contributed by atoms with van der Waals surface area (Å²) < 4.78 is 40.4. The zero-order chi connectivity index (χ0) is 11.6. The van der Waals surface area contributed by atoms with Gasteiger partial charge in [-0.1, -0.05) is 0 Å². The Hall–Kier alpha value is -0.570. The second-order valence-corrected chi connectivity index (χ2v) is 3.87. The first-order chi connectivity index (χ1) is 6.85. The predicted molar refractivity (Wildman–Crippen MR) is 56.3 cm³/mol. The molecule has 0 aliphatic rings. The zero-order valence-electron chi connectivity index (χ0n) is 7.73. The highest BCUT2D eigenvalue weighted by atomic mass is 127. The van der Waals surface area contributed by atoms with Crippen LogP contribution in [0.1, 0.15) is 11.1 Å². The van der Waals surface area contributed by atoms with Gasteiger partial charge in [0, 0.05) is 21.9 Å². The number of nitrogens with zero attached hydrogens (tertiary/aromatic N) is 1. The molecule has 0 saturated heterocycles. The van der Waals surface area contributed by atoms with Crippen molar-refractivity contribution in [3.63, 3.8) is 0 Å². The number of rotatable bonds is 2. The van der Waals surface area contributed by atoms with Crippen molar-refractivity contribution < 1.29 is 17.9 Å². The van der Waals surface area contributed by atoms with Crippen LogP contribution in [-0.4, -0.2) is 11.3 Å². The molecule has 1 rings (SSSR count). The standard InChI is InChI=1S/C8H8F3IN2O/c1-4-3-14-7(15-8(9,10)11)5(2-13)6(4)12/h3H,2,13H2,1H3. The van der Waals surface area contributed by atoms with Gasteiger partial charge in [-0.05, 0) is 35.1 Å².